The molecule has 3 N–H and O–H groups in total. The van der Waals surface area contributed by atoms with Crippen LogP contribution in [0.25, 0.3) is 0 Å². The van der Waals surface area contributed by atoms with Crippen LogP contribution in [-0.4, -0.2) is 31.2 Å². The van der Waals surface area contributed by atoms with E-state index < -0.39 is 0 Å². The fourth-order valence-corrected chi connectivity index (χ4v) is 3.34. The predicted octanol–water partition coefficient (Wildman–Crippen LogP) is 2.92. The molecule has 4 amide bonds. The topological polar surface area (TPSA) is 73.5 Å². The van der Waals surface area contributed by atoms with E-state index in [1.807, 2.05) is 24.3 Å². The molecule has 2 aliphatic rings. The molecule has 0 aromatic heterocycles. The number of hydrogen-bond donors (Lipinski definition) is 3. The van der Waals surface area contributed by atoms with Gasteiger partial charge in [0, 0.05) is 30.5 Å². The van der Waals surface area contributed by atoms with Gasteiger partial charge in [-0.3, -0.25) is 4.90 Å². The molecule has 124 valence electrons. The van der Waals surface area contributed by atoms with Gasteiger partial charge in [0.2, 0.25) is 0 Å². The molecule has 1 aliphatic heterocycles. The highest BCUT2D eigenvalue weighted by atomic mass is 16.2. The Hall–Kier alpha value is -2.24. The van der Waals surface area contributed by atoms with E-state index in [2.05, 4.69) is 22.9 Å². The number of urea groups is 2. The number of amides is 4. The molecule has 2 atom stereocenters. The molecule has 1 heterocycles. The van der Waals surface area contributed by atoms with Crippen LogP contribution < -0.4 is 20.9 Å². The zero-order valence-electron chi connectivity index (χ0n) is 13.5. The molecule has 1 aromatic rings. The monoisotopic (exact) mass is 316 g/mol. The minimum atomic E-state index is -0.174. The van der Waals surface area contributed by atoms with Crippen molar-refractivity contribution in [2.75, 3.05) is 23.3 Å². The number of benzene rings is 1. The first-order chi connectivity index (χ1) is 11.1. The van der Waals surface area contributed by atoms with Crippen molar-refractivity contribution in [3.05, 3.63) is 24.3 Å². The highest BCUT2D eigenvalue weighted by Crippen LogP contribution is 2.24. The minimum Gasteiger partial charge on any atom is -0.336 e. The molecular weight excluding hydrogens is 292 g/mol. The van der Waals surface area contributed by atoms with Crippen molar-refractivity contribution < 1.29 is 9.59 Å². The van der Waals surface area contributed by atoms with Gasteiger partial charge in [0.05, 0.1) is 0 Å². The average Bonchev–Trinajstić information content (AvgIpc) is 2.96. The van der Waals surface area contributed by atoms with Gasteiger partial charge in [-0.25, -0.2) is 9.59 Å². The Labute approximate surface area is 136 Å². The molecule has 6 nitrogen and oxygen atoms in total. The minimum absolute atomic E-state index is 0.0948. The fourth-order valence-electron chi connectivity index (χ4n) is 3.34. The number of nitrogens with zero attached hydrogens (tertiary/aromatic N) is 1. The maximum absolute atomic E-state index is 12.2. The molecule has 2 fully saturated rings. The lowest BCUT2D eigenvalue weighted by Crippen LogP contribution is -2.43. The van der Waals surface area contributed by atoms with Crippen LogP contribution in [0.1, 0.15) is 32.6 Å². The lowest BCUT2D eigenvalue weighted by atomic mass is 9.86. The van der Waals surface area contributed by atoms with Crippen molar-refractivity contribution in [1.82, 2.24) is 10.6 Å². The number of rotatable bonds is 3. The van der Waals surface area contributed by atoms with E-state index in [1.54, 1.807) is 4.90 Å². The number of nitrogens with one attached hydrogen (secondary N) is 3. The maximum Gasteiger partial charge on any atom is 0.321 e. The highest BCUT2D eigenvalue weighted by Gasteiger charge is 2.23. The summed E-state index contributed by atoms with van der Waals surface area (Å²) in [4.78, 5) is 25.6. The molecule has 2 unspecified atom stereocenters. The van der Waals surface area contributed by atoms with Crippen LogP contribution in [0.2, 0.25) is 0 Å². The Morgan fingerprint density at radius 1 is 1.30 bits per heavy atom. The molecule has 1 saturated heterocycles. The normalized spacial score (nSPS) is 24.2. The van der Waals surface area contributed by atoms with Gasteiger partial charge < -0.3 is 16.0 Å². The zero-order valence-corrected chi connectivity index (χ0v) is 13.5. The summed E-state index contributed by atoms with van der Waals surface area (Å²) in [5.74, 6) is 0.522. The quantitative estimate of drug-likeness (QED) is 0.802. The van der Waals surface area contributed by atoms with Gasteiger partial charge in [-0.15, -0.1) is 0 Å². The largest absolute Gasteiger partial charge is 0.336 e. The van der Waals surface area contributed by atoms with Crippen molar-refractivity contribution in [1.29, 1.82) is 0 Å². The average molecular weight is 316 g/mol. The summed E-state index contributed by atoms with van der Waals surface area (Å²) in [6, 6.07) is 7.36. The summed E-state index contributed by atoms with van der Waals surface area (Å²) in [5.41, 5.74) is 1.49. The Bertz CT molecular complexity index is 590. The SMILES string of the molecule is CC1CCCCC1NC(=O)Nc1cccc(N2CCNC2=O)c1. The van der Waals surface area contributed by atoms with Crippen LogP contribution in [0.15, 0.2) is 24.3 Å². The van der Waals surface area contributed by atoms with Crippen molar-refractivity contribution in [3.8, 4) is 0 Å². The van der Waals surface area contributed by atoms with E-state index in [9.17, 15) is 9.59 Å². The second kappa shape index (κ2) is 6.89. The third-order valence-electron chi connectivity index (χ3n) is 4.70. The molecule has 1 saturated carbocycles. The van der Waals surface area contributed by atoms with Crippen molar-refractivity contribution in [2.45, 2.75) is 38.6 Å². The smallest absolute Gasteiger partial charge is 0.321 e. The Kier molecular flexibility index (Phi) is 4.69. The van der Waals surface area contributed by atoms with Gasteiger partial charge in [-0.05, 0) is 37.0 Å². The van der Waals surface area contributed by atoms with E-state index in [-0.39, 0.29) is 18.1 Å². The van der Waals surface area contributed by atoms with Crippen LogP contribution in [0, 0.1) is 5.92 Å². The highest BCUT2D eigenvalue weighted by molar-refractivity contribution is 5.95. The van der Waals surface area contributed by atoms with E-state index in [1.165, 1.54) is 19.3 Å². The number of hydrogen-bond acceptors (Lipinski definition) is 2. The summed E-state index contributed by atoms with van der Waals surface area (Å²) < 4.78 is 0. The number of carbonyl (C=O) groups excluding carboxylic acids is 2. The summed E-state index contributed by atoms with van der Waals surface area (Å²) in [7, 11) is 0. The fraction of sp³-hybridized carbons (Fsp3) is 0.529. The Morgan fingerprint density at radius 2 is 2.13 bits per heavy atom. The van der Waals surface area contributed by atoms with Gasteiger partial charge >= 0.3 is 12.1 Å². The van der Waals surface area contributed by atoms with Crippen LogP contribution in [0.4, 0.5) is 21.0 Å². The van der Waals surface area contributed by atoms with E-state index in [0.717, 1.165) is 12.1 Å². The Morgan fingerprint density at radius 3 is 2.87 bits per heavy atom. The first-order valence-electron chi connectivity index (χ1n) is 8.36. The summed E-state index contributed by atoms with van der Waals surface area (Å²) in [6.45, 7) is 3.49. The molecule has 3 rings (SSSR count). The van der Waals surface area contributed by atoms with Gasteiger partial charge in [-0.1, -0.05) is 25.8 Å². The second-order valence-corrected chi connectivity index (χ2v) is 6.40. The summed E-state index contributed by atoms with van der Waals surface area (Å²) >= 11 is 0. The molecule has 1 aliphatic carbocycles. The van der Waals surface area contributed by atoms with E-state index in [4.69, 9.17) is 0 Å². The zero-order chi connectivity index (χ0) is 16.2. The third kappa shape index (κ3) is 3.75. The molecule has 23 heavy (non-hydrogen) atoms. The number of anilines is 2. The van der Waals surface area contributed by atoms with E-state index >= 15 is 0 Å². The third-order valence-corrected chi connectivity index (χ3v) is 4.70. The number of carbonyl (C=O) groups is 2. The van der Waals surface area contributed by atoms with Crippen LogP contribution in [0.5, 0.6) is 0 Å². The van der Waals surface area contributed by atoms with Crippen LogP contribution in [0.3, 0.4) is 0 Å². The summed E-state index contributed by atoms with van der Waals surface area (Å²) in [6.07, 6.45) is 4.64. The Balaban J connectivity index is 1.61. The molecule has 0 bridgehead atoms. The lowest BCUT2D eigenvalue weighted by molar-refractivity contribution is 0.232. The molecular formula is C17H24N4O2. The first-order valence-corrected chi connectivity index (χ1v) is 8.36. The molecule has 0 radical (unpaired) electrons. The molecule has 1 aromatic carbocycles. The van der Waals surface area contributed by atoms with Crippen LogP contribution >= 0.6 is 0 Å². The second-order valence-electron chi connectivity index (χ2n) is 6.40. The van der Waals surface area contributed by atoms with Gasteiger partial charge in [0.1, 0.15) is 0 Å². The van der Waals surface area contributed by atoms with Crippen molar-refractivity contribution in [3.63, 3.8) is 0 Å². The van der Waals surface area contributed by atoms with Crippen LogP contribution in [-0.2, 0) is 0 Å². The predicted molar refractivity (Wildman–Crippen MR) is 90.8 cm³/mol. The van der Waals surface area contributed by atoms with E-state index in [0.29, 0.717) is 24.7 Å². The first kappa shape index (κ1) is 15.6. The standard InChI is InChI=1S/C17H24N4O2/c1-12-5-2-3-8-15(12)20-16(22)19-13-6-4-7-14(11-13)21-10-9-18-17(21)23/h4,6-7,11-12,15H,2-3,5,8-10H2,1H3,(H,18,23)(H2,19,20,22). The van der Waals surface area contributed by atoms with Gasteiger partial charge in [-0.2, -0.15) is 0 Å². The lowest BCUT2D eigenvalue weighted by Gasteiger charge is -2.29. The van der Waals surface area contributed by atoms with Crippen molar-refractivity contribution in [2.24, 2.45) is 5.92 Å². The van der Waals surface area contributed by atoms with Crippen molar-refractivity contribution >= 4 is 23.4 Å². The molecule has 0 spiro atoms. The molecule has 6 heteroatoms. The summed E-state index contributed by atoms with van der Waals surface area (Å²) in [5, 5.41) is 8.73. The maximum atomic E-state index is 12.2. The van der Waals surface area contributed by atoms with Gasteiger partial charge in [0.25, 0.3) is 0 Å². The van der Waals surface area contributed by atoms with Gasteiger partial charge in [0.15, 0.2) is 0 Å².